The smallest absolute Gasteiger partial charge is 0.343 e. The molecular formula is C20H16ClFN2O4S. The normalized spacial score (nSPS) is 10.5. The van der Waals surface area contributed by atoms with Crippen LogP contribution in [0.15, 0.2) is 47.8 Å². The van der Waals surface area contributed by atoms with Crippen LogP contribution in [-0.2, 0) is 16.1 Å². The molecule has 1 aromatic heterocycles. The van der Waals surface area contributed by atoms with Crippen LogP contribution in [0.4, 0.5) is 15.2 Å². The van der Waals surface area contributed by atoms with Crippen LogP contribution >= 0.6 is 22.9 Å². The number of amides is 1. The molecule has 3 rings (SSSR count). The fourth-order valence-electron chi connectivity index (χ4n) is 2.59. The zero-order chi connectivity index (χ0) is 21.0. The number of esters is 1. The van der Waals surface area contributed by atoms with Gasteiger partial charge < -0.3 is 9.47 Å². The molecule has 1 heterocycles. The van der Waals surface area contributed by atoms with Gasteiger partial charge in [0.1, 0.15) is 23.7 Å². The number of anilines is 2. The van der Waals surface area contributed by atoms with Gasteiger partial charge in [0, 0.05) is 12.3 Å². The predicted octanol–water partition coefficient (Wildman–Crippen LogP) is 4.99. The van der Waals surface area contributed by atoms with Gasteiger partial charge in [0.15, 0.2) is 5.13 Å². The Labute approximate surface area is 175 Å². The van der Waals surface area contributed by atoms with E-state index >= 15 is 0 Å². The summed E-state index contributed by atoms with van der Waals surface area (Å²) < 4.78 is 24.3. The van der Waals surface area contributed by atoms with Crippen LogP contribution in [0, 0.1) is 5.82 Å². The summed E-state index contributed by atoms with van der Waals surface area (Å²) in [5.41, 5.74) is 0.620. The summed E-state index contributed by atoms with van der Waals surface area (Å²) in [6, 6.07) is 11.0. The third-order valence-electron chi connectivity index (χ3n) is 3.89. The van der Waals surface area contributed by atoms with Crippen molar-refractivity contribution in [3.63, 3.8) is 0 Å². The molecule has 150 valence electrons. The van der Waals surface area contributed by atoms with Crippen LogP contribution in [0.3, 0.4) is 0 Å². The van der Waals surface area contributed by atoms with E-state index in [1.54, 1.807) is 29.6 Å². The number of thiazole rings is 1. The van der Waals surface area contributed by atoms with Gasteiger partial charge >= 0.3 is 5.97 Å². The highest BCUT2D eigenvalue weighted by atomic mass is 35.5. The number of halogens is 2. The molecule has 1 amide bonds. The number of benzene rings is 2. The SMILES string of the molecule is COc1ccccc1N(C(C)=O)c1nc(COC(=O)c2c(F)cccc2Cl)cs1. The number of ether oxygens (including phenoxy) is 2. The first-order valence-electron chi connectivity index (χ1n) is 8.41. The van der Waals surface area contributed by atoms with Gasteiger partial charge in [-0.3, -0.25) is 9.69 Å². The van der Waals surface area contributed by atoms with Crippen molar-refractivity contribution < 1.29 is 23.5 Å². The predicted molar refractivity (Wildman–Crippen MR) is 108 cm³/mol. The van der Waals surface area contributed by atoms with E-state index < -0.39 is 11.8 Å². The van der Waals surface area contributed by atoms with E-state index in [2.05, 4.69) is 4.98 Å². The summed E-state index contributed by atoms with van der Waals surface area (Å²) in [5.74, 6) is -1.40. The van der Waals surface area contributed by atoms with Gasteiger partial charge in [-0.2, -0.15) is 0 Å². The molecule has 9 heteroatoms. The number of nitrogens with zero attached hydrogens (tertiary/aromatic N) is 2. The zero-order valence-corrected chi connectivity index (χ0v) is 17.1. The van der Waals surface area contributed by atoms with Crippen molar-refractivity contribution in [3.8, 4) is 5.75 Å². The Balaban J connectivity index is 1.79. The minimum absolute atomic E-state index is 0.0344. The van der Waals surface area contributed by atoms with Crippen molar-refractivity contribution in [2.24, 2.45) is 0 Å². The fourth-order valence-corrected chi connectivity index (χ4v) is 3.70. The Morgan fingerprint density at radius 1 is 1.21 bits per heavy atom. The lowest BCUT2D eigenvalue weighted by molar-refractivity contribution is -0.115. The first-order valence-corrected chi connectivity index (χ1v) is 9.67. The van der Waals surface area contributed by atoms with Gasteiger partial charge in [0.05, 0.1) is 23.5 Å². The highest BCUT2D eigenvalue weighted by molar-refractivity contribution is 7.14. The second-order valence-corrected chi connectivity index (χ2v) is 7.06. The van der Waals surface area contributed by atoms with E-state index in [-0.39, 0.29) is 23.1 Å². The van der Waals surface area contributed by atoms with Crippen LogP contribution in [0.5, 0.6) is 5.75 Å². The first-order chi connectivity index (χ1) is 13.9. The molecule has 0 spiro atoms. The van der Waals surface area contributed by atoms with Crippen LogP contribution in [0.1, 0.15) is 23.0 Å². The third kappa shape index (κ3) is 4.55. The van der Waals surface area contributed by atoms with Crippen molar-refractivity contribution in [2.75, 3.05) is 12.0 Å². The van der Waals surface area contributed by atoms with E-state index in [1.165, 1.54) is 42.4 Å². The molecule has 0 unspecified atom stereocenters. The number of hydrogen-bond donors (Lipinski definition) is 0. The lowest BCUT2D eigenvalue weighted by Gasteiger charge is -2.20. The van der Waals surface area contributed by atoms with Crippen molar-refractivity contribution in [1.29, 1.82) is 0 Å². The zero-order valence-electron chi connectivity index (χ0n) is 15.5. The summed E-state index contributed by atoms with van der Waals surface area (Å²) in [4.78, 5) is 30.2. The highest BCUT2D eigenvalue weighted by Crippen LogP contribution is 2.35. The third-order valence-corrected chi connectivity index (χ3v) is 5.08. The maximum atomic E-state index is 13.8. The largest absolute Gasteiger partial charge is 0.495 e. The Kier molecular flexibility index (Phi) is 6.46. The molecule has 0 aliphatic heterocycles. The summed E-state index contributed by atoms with van der Waals surface area (Å²) in [7, 11) is 1.51. The quantitative estimate of drug-likeness (QED) is 0.511. The molecule has 2 aromatic carbocycles. The molecule has 6 nitrogen and oxygen atoms in total. The summed E-state index contributed by atoms with van der Waals surface area (Å²) in [6.07, 6.45) is 0. The number of methoxy groups -OCH3 is 1. The van der Waals surface area contributed by atoms with Gasteiger partial charge in [0.2, 0.25) is 5.91 Å². The molecule has 0 bridgehead atoms. The molecule has 0 fully saturated rings. The summed E-state index contributed by atoms with van der Waals surface area (Å²) in [5, 5.41) is 2.00. The number of aromatic nitrogens is 1. The number of rotatable bonds is 6. The highest BCUT2D eigenvalue weighted by Gasteiger charge is 2.22. The lowest BCUT2D eigenvalue weighted by atomic mass is 10.2. The Morgan fingerprint density at radius 2 is 1.97 bits per heavy atom. The van der Waals surface area contributed by atoms with Crippen molar-refractivity contribution in [3.05, 3.63) is 69.9 Å². The maximum absolute atomic E-state index is 13.8. The molecule has 0 N–H and O–H groups in total. The average Bonchev–Trinajstić information content (AvgIpc) is 3.15. The first kappa shape index (κ1) is 20.8. The Hall–Kier alpha value is -2.97. The van der Waals surface area contributed by atoms with E-state index in [1.807, 2.05) is 0 Å². The Morgan fingerprint density at radius 3 is 2.66 bits per heavy atom. The average molecular weight is 435 g/mol. The van der Waals surface area contributed by atoms with Crippen LogP contribution in [0.2, 0.25) is 5.02 Å². The van der Waals surface area contributed by atoms with E-state index in [0.29, 0.717) is 22.3 Å². The van der Waals surface area contributed by atoms with E-state index in [4.69, 9.17) is 21.1 Å². The van der Waals surface area contributed by atoms with Gasteiger partial charge in [-0.05, 0) is 24.3 Å². The molecule has 0 aliphatic rings. The van der Waals surface area contributed by atoms with Crippen LogP contribution in [-0.4, -0.2) is 24.0 Å². The van der Waals surface area contributed by atoms with Gasteiger partial charge in [-0.15, -0.1) is 11.3 Å². The topological polar surface area (TPSA) is 68.7 Å². The van der Waals surface area contributed by atoms with E-state index in [9.17, 15) is 14.0 Å². The van der Waals surface area contributed by atoms with Crippen LogP contribution < -0.4 is 9.64 Å². The maximum Gasteiger partial charge on any atom is 0.343 e. The monoisotopic (exact) mass is 434 g/mol. The minimum atomic E-state index is -0.893. The standard InChI is InChI=1S/C20H16ClFN2O4S/c1-12(25)24(16-8-3-4-9-17(16)27-2)20-23-13(11-29-20)10-28-19(26)18-14(21)6-5-7-15(18)22/h3-9,11H,10H2,1-2H3. The van der Waals surface area contributed by atoms with Gasteiger partial charge in [-0.1, -0.05) is 29.8 Å². The molecule has 0 saturated heterocycles. The molecule has 0 radical (unpaired) electrons. The molecule has 0 atom stereocenters. The number of carbonyl (C=O) groups is 2. The lowest BCUT2D eigenvalue weighted by Crippen LogP contribution is -2.23. The molecule has 0 aliphatic carbocycles. The molecule has 0 saturated carbocycles. The summed E-state index contributed by atoms with van der Waals surface area (Å²) in [6.45, 7) is 1.21. The number of carbonyl (C=O) groups excluding carboxylic acids is 2. The van der Waals surface area contributed by atoms with Crippen LogP contribution in [0.25, 0.3) is 0 Å². The van der Waals surface area contributed by atoms with Gasteiger partial charge in [-0.25, -0.2) is 14.2 Å². The molecule has 29 heavy (non-hydrogen) atoms. The molecule has 3 aromatic rings. The number of para-hydroxylation sites is 2. The second-order valence-electron chi connectivity index (χ2n) is 5.82. The minimum Gasteiger partial charge on any atom is -0.495 e. The van der Waals surface area contributed by atoms with E-state index in [0.717, 1.165) is 6.07 Å². The number of hydrogen-bond acceptors (Lipinski definition) is 6. The summed E-state index contributed by atoms with van der Waals surface area (Å²) >= 11 is 7.07. The van der Waals surface area contributed by atoms with Crippen molar-refractivity contribution in [1.82, 2.24) is 4.98 Å². The second kappa shape index (κ2) is 9.02. The van der Waals surface area contributed by atoms with Gasteiger partial charge in [0.25, 0.3) is 0 Å². The Bertz CT molecular complexity index is 1040. The fraction of sp³-hybridized carbons (Fsp3) is 0.150. The van der Waals surface area contributed by atoms with Crippen molar-refractivity contribution >= 4 is 45.6 Å². The molecular weight excluding hydrogens is 419 g/mol. The van der Waals surface area contributed by atoms with Crippen molar-refractivity contribution in [2.45, 2.75) is 13.5 Å².